The number of benzene rings is 2. The Morgan fingerprint density at radius 1 is 1.19 bits per heavy atom. The Labute approximate surface area is 181 Å². The third kappa shape index (κ3) is 4.92. The second-order valence-electron chi connectivity index (χ2n) is 7.61. The fourth-order valence-electron chi connectivity index (χ4n) is 3.91. The van der Waals surface area contributed by atoms with Crippen molar-refractivity contribution in [1.29, 1.82) is 0 Å². The second kappa shape index (κ2) is 9.72. The van der Waals surface area contributed by atoms with Gasteiger partial charge in [0.2, 0.25) is 6.41 Å². The van der Waals surface area contributed by atoms with Crippen molar-refractivity contribution in [3.05, 3.63) is 59.4 Å². The Hall–Kier alpha value is -3.23. The highest BCUT2D eigenvalue weighted by Gasteiger charge is 2.19. The van der Waals surface area contributed by atoms with Gasteiger partial charge in [-0.3, -0.25) is 14.5 Å². The van der Waals surface area contributed by atoms with Crippen LogP contribution >= 0.6 is 0 Å². The van der Waals surface area contributed by atoms with Gasteiger partial charge in [0, 0.05) is 45.3 Å². The number of imidazole rings is 1. The predicted octanol–water partition coefficient (Wildman–Crippen LogP) is 1.79. The van der Waals surface area contributed by atoms with Gasteiger partial charge in [0.1, 0.15) is 5.82 Å². The summed E-state index contributed by atoms with van der Waals surface area (Å²) in [4.78, 5) is 31.1. The summed E-state index contributed by atoms with van der Waals surface area (Å²) >= 11 is 0. The topological polar surface area (TPSA) is 88.5 Å². The minimum Gasteiger partial charge on any atom is -0.379 e. The molecule has 0 radical (unpaired) electrons. The molecule has 2 amide bonds. The highest BCUT2D eigenvalue weighted by Crippen LogP contribution is 2.25. The number of aryl methyl sites for hydroxylation is 1. The summed E-state index contributed by atoms with van der Waals surface area (Å²) in [6.45, 7) is 4.53. The molecule has 2 heterocycles. The van der Waals surface area contributed by atoms with Crippen LogP contribution in [0.3, 0.4) is 0 Å². The predicted molar refractivity (Wildman–Crippen MR) is 119 cm³/mol. The summed E-state index contributed by atoms with van der Waals surface area (Å²) in [5.41, 5.74) is 3.62. The fourth-order valence-corrected chi connectivity index (χ4v) is 3.91. The molecule has 31 heavy (non-hydrogen) atoms. The van der Waals surface area contributed by atoms with E-state index >= 15 is 0 Å². The number of nitrogens with zero attached hydrogens (tertiary/aromatic N) is 3. The van der Waals surface area contributed by atoms with Crippen molar-refractivity contribution in [3.63, 3.8) is 0 Å². The molecule has 0 spiro atoms. The number of amides is 2. The summed E-state index contributed by atoms with van der Waals surface area (Å²) in [5, 5.41) is 5.66. The molecule has 0 bridgehead atoms. The first kappa shape index (κ1) is 21.0. The number of fused-ring (bicyclic) bond motifs is 1. The minimum atomic E-state index is -0.179. The van der Waals surface area contributed by atoms with Gasteiger partial charge in [0.05, 0.1) is 29.8 Å². The van der Waals surface area contributed by atoms with Crippen molar-refractivity contribution in [2.24, 2.45) is 7.05 Å². The average molecular weight is 422 g/mol. The number of hydrogen-bond donors (Lipinski definition) is 2. The SMILES string of the molecule is Cn1c(Cc2ccccc2)nc2cc(NC=O)cc(C(=O)NCCN3CCOCC3)c21. The average Bonchev–Trinajstić information content (AvgIpc) is 3.10. The van der Waals surface area contributed by atoms with Crippen molar-refractivity contribution in [3.8, 4) is 0 Å². The van der Waals surface area contributed by atoms with Crippen LogP contribution < -0.4 is 10.6 Å². The maximum Gasteiger partial charge on any atom is 0.253 e. The molecule has 0 saturated carbocycles. The maximum atomic E-state index is 13.1. The standard InChI is InChI=1S/C23H27N5O3/c1-27-21(13-17-5-3-2-4-6-17)26-20-15-18(25-16-29)14-19(22(20)27)23(30)24-7-8-28-9-11-31-12-10-28/h2-6,14-16H,7-13H2,1H3,(H,24,30)(H,25,29). The molecule has 1 aliphatic rings. The van der Waals surface area contributed by atoms with Crippen LogP contribution in [0.1, 0.15) is 21.7 Å². The number of carbonyl (C=O) groups excluding carboxylic acids is 2. The molecule has 0 atom stereocenters. The quantitative estimate of drug-likeness (QED) is 0.542. The molecule has 162 valence electrons. The van der Waals surface area contributed by atoms with E-state index in [1.165, 1.54) is 0 Å². The Morgan fingerprint density at radius 3 is 2.71 bits per heavy atom. The number of hydrogen-bond acceptors (Lipinski definition) is 5. The summed E-state index contributed by atoms with van der Waals surface area (Å²) in [5.74, 6) is 0.675. The smallest absolute Gasteiger partial charge is 0.253 e. The lowest BCUT2D eigenvalue weighted by Gasteiger charge is -2.26. The normalized spacial score (nSPS) is 14.5. The van der Waals surface area contributed by atoms with Gasteiger partial charge in [-0.25, -0.2) is 4.98 Å². The van der Waals surface area contributed by atoms with Gasteiger partial charge in [0.25, 0.3) is 5.91 Å². The lowest BCUT2D eigenvalue weighted by atomic mass is 10.1. The van der Waals surface area contributed by atoms with Gasteiger partial charge in [-0.15, -0.1) is 0 Å². The highest BCUT2D eigenvalue weighted by atomic mass is 16.5. The number of morpholine rings is 1. The van der Waals surface area contributed by atoms with E-state index in [1.807, 2.05) is 29.8 Å². The fraction of sp³-hybridized carbons (Fsp3) is 0.348. The van der Waals surface area contributed by atoms with Gasteiger partial charge in [-0.2, -0.15) is 0 Å². The van der Waals surface area contributed by atoms with Crippen LogP contribution in [0.2, 0.25) is 0 Å². The highest BCUT2D eigenvalue weighted by molar-refractivity contribution is 6.07. The van der Waals surface area contributed by atoms with Crippen LogP contribution in [0.25, 0.3) is 11.0 Å². The zero-order valence-electron chi connectivity index (χ0n) is 17.6. The molecular weight excluding hydrogens is 394 g/mol. The number of carbonyl (C=O) groups is 2. The van der Waals surface area contributed by atoms with Crippen molar-refractivity contribution < 1.29 is 14.3 Å². The Morgan fingerprint density at radius 2 is 1.97 bits per heavy atom. The molecule has 1 aromatic heterocycles. The Balaban J connectivity index is 1.59. The van der Waals surface area contributed by atoms with Gasteiger partial charge in [0.15, 0.2) is 0 Å². The zero-order valence-corrected chi connectivity index (χ0v) is 17.6. The molecule has 8 nitrogen and oxygen atoms in total. The number of rotatable bonds is 8. The molecule has 4 rings (SSSR count). The lowest BCUT2D eigenvalue weighted by Crippen LogP contribution is -2.41. The van der Waals surface area contributed by atoms with Crippen LogP contribution in [0.4, 0.5) is 5.69 Å². The third-order valence-electron chi connectivity index (χ3n) is 5.55. The van der Waals surface area contributed by atoms with Crippen molar-refractivity contribution in [1.82, 2.24) is 19.8 Å². The van der Waals surface area contributed by atoms with E-state index < -0.39 is 0 Å². The molecule has 1 fully saturated rings. The number of ether oxygens (including phenoxy) is 1. The summed E-state index contributed by atoms with van der Waals surface area (Å²) in [7, 11) is 1.92. The monoisotopic (exact) mass is 421 g/mol. The molecule has 1 saturated heterocycles. The van der Waals surface area contributed by atoms with Crippen molar-refractivity contribution in [2.45, 2.75) is 6.42 Å². The van der Waals surface area contributed by atoms with E-state index in [0.717, 1.165) is 49.8 Å². The van der Waals surface area contributed by atoms with E-state index in [0.29, 0.717) is 36.1 Å². The molecule has 0 aliphatic carbocycles. The summed E-state index contributed by atoms with van der Waals surface area (Å²) in [6, 6.07) is 13.6. The molecule has 0 unspecified atom stereocenters. The first-order chi connectivity index (χ1) is 15.2. The Kier molecular flexibility index (Phi) is 6.59. The van der Waals surface area contributed by atoms with Crippen LogP contribution in [-0.2, 0) is 23.0 Å². The second-order valence-corrected chi connectivity index (χ2v) is 7.61. The first-order valence-electron chi connectivity index (χ1n) is 10.5. The minimum absolute atomic E-state index is 0.179. The molecular formula is C23H27N5O3. The van der Waals surface area contributed by atoms with E-state index in [2.05, 4.69) is 27.7 Å². The number of anilines is 1. The van der Waals surface area contributed by atoms with Crippen LogP contribution in [-0.4, -0.2) is 66.2 Å². The van der Waals surface area contributed by atoms with Gasteiger partial charge in [-0.05, 0) is 17.7 Å². The summed E-state index contributed by atoms with van der Waals surface area (Å²) in [6.07, 6.45) is 1.26. The molecule has 2 N–H and O–H groups in total. The van der Waals surface area contributed by atoms with Crippen molar-refractivity contribution >= 4 is 29.0 Å². The van der Waals surface area contributed by atoms with E-state index in [-0.39, 0.29) is 5.91 Å². The van der Waals surface area contributed by atoms with Gasteiger partial charge < -0.3 is 19.9 Å². The number of nitrogens with one attached hydrogen (secondary N) is 2. The molecule has 1 aliphatic heterocycles. The van der Waals surface area contributed by atoms with Gasteiger partial charge >= 0.3 is 0 Å². The largest absolute Gasteiger partial charge is 0.379 e. The lowest BCUT2D eigenvalue weighted by molar-refractivity contribution is -0.105. The first-order valence-corrected chi connectivity index (χ1v) is 10.5. The zero-order chi connectivity index (χ0) is 21.6. The molecule has 8 heteroatoms. The van der Waals surface area contributed by atoms with E-state index in [1.54, 1.807) is 12.1 Å². The van der Waals surface area contributed by atoms with Crippen LogP contribution in [0.15, 0.2) is 42.5 Å². The Bertz CT molecular complexity index is 1060. The molecule has 2 aromatic carbocycles. The maximum absolute atomic E-state index is 13.1. The van der Waals surface area contributed by atoms with Gasteiger partial charge in [-0.1, -0.05) is 30.3 Å². The van der Waals surface area contributed by atoms with Crippen molar-refractivity contribution in [2.75, 3.05) is 44.7 Å². The van der Waals surface area contributed by atoms with Crippen LogP contribution in [0, 0.1) is 0 Å². The van der Waals surface area contributed by atoms with E-state index in [4.69, 9.17) is 9.72 Å². The summed E-state index contributed by atoms with van der Waals surface area (Å²) < 4.78 is 7.33. The third-order valence-corrected chi connectivity index (χ3v) is 5.55. The van der Waals surface area contributed by atoms with Crippen LogP contribution in [0.5, 0.6) is 0 Å². The van der Waals surface area contributed by atoms with E-state index in [9.17, 15) is 9.59 Å². The number of aromatic nitrogens is 2. The molecule has 3 aromatic rings.